The molecule has 1 aromatic heterocycles. The lowest BCUT2D eigenvalue weighted by Crippen LogP contribution is -2.30. The van der Waals surface area contributed by atoms with Crippen molar-refractivity contribution in [2.45, 2.75) is 17.6 Å². The van der Waals surface area contributed by atoms with Crippen LogP contribution < -0.4 is 16.3 Å². The summed E-state index contributed by atoms with van der Waals surface area (Å²) in [5.74, 6) is -0.496. The number of phenols is 1. The van der Waals surface area contributed by atoms with Gasteiger partial charge in [0.2, 0.25) is 0 Å². The van der Waals surface area contributed by atoms with E-state index in [1.165, 1.54) is 23.9 Å². The normalized spacial score (nSPS) is 11.3. The lowest BCUT2D eigenvalue weighted by atomic mass is 10.1. The SMILES string of the molecule is Cc1ccc(/C=C(/NC(=O)c2ccccc2)C(=O)Nc2cccc(SCc3cc4ccc(O)cc4oc3=O)c2)cc1. The summed E-state index contributed by atoms with van der Waals surface area (Å²) in [6, 6.07) is 29.9. The van der Waals surface area contributed by atoms with Gasteiger partial charge in [-0.2, -0.15) is 0 Å². The Labute approximate surface area is 240 Å². The Hall–Kier alpha value is -5.08. The van der Waals surface area contributed by atoms with Gasteiger partial charge in [0.05, 0.1) is 0 Å². The van der Waals surface area contributed by atoms with Crippen LogP contribution in [-0.4, -0.2) is 16.9 Å². The fraction of sp³-hybridized carbons (Fsp3) is 0.0606. The molecular weight excluding hydrogens is 536 g/mol. The highest BCUT2D eigenvalue weighted by molar-refractivity contribution is 7.98. The molecule has 204 valence electrons. The Morgan fingerprint density at radius 1 is 0.902 bits per heavy atom. The first-order valence-corrected chi connectivity index (χ1v) is 13.8. The Kier molecular flexibility index (Phi) is 8.31. The molecule has 0 bridgehead atoms. The average Bonchev–Trinajstić information content (AvgIpc) is 2.97. The largest absolute Gasteiger partial charge is 0.508 e. The molecule has 3 N–H and O–H groups in total. The quantitative estimate of drug-likeness (QED) is 0.113. The van der Waals surface area contributed by atoms with E-state index in [0.717, 1.165) is 16.0 Å². The molecule has 41 heavy (non-hydrogen) atoms. The number of hydrogen-bond donors (Lipinski definition) is 3. The standard InChI is InChI=1S/C33H26N2O5S/c1-21-10-12-22(13-11-21)16-29(35-31(37)23-6-3-2-4-7-23)32(38)34-26-8-5-9-28(18-26)41-20-25-17-24-14-15-27(36)19-30(24)40-33(25)39/h2-19,36H,20H2,1H3,(H,34,38)(H,35,37)/b29-16+. The third-order valence-corrected chi connectivity index (χ3v) is 7.24. The van der Waals surface area contributed by atoms with Crippen molar-refractivity contribution in [2.75, 3.05) is 5.32 Å². The molecule has 0 aliphatic heterocycles. The number of benzene rings is 4. The summed E-state index contributed by atoms with van der Waals surface area (Å²) in [6.45, 7) is 1.97. The van der Waals surface area contributed by atoms with E-state index in [1.807, 2.05) is 43.3 Å². The highest BCUT2D eigenvalue weighted by Crippen LogP contribution is 2.26. The molecule has 1 heterocycles. The number of rotatable bonds is 8. The number of amides is 2. The number of anilines is 1. The van der Waals surface area contributed by atoms with E-state index in [1.54, 1.807) is 60.7 Å². The minimum absolute atomic E-state index is 0.0261. The molecule has 7 nitrogen and oxygen atoms in total. The van der Waals surface area contributed by atoms with E-state index in [9.17, 15) is 19.5 Å². The first-order chi connectivity index (χ1) is 19.8. The van der Waals surface area contributed by atoms with Gasteiger partial charge in [0.1, 0.15) is 17.0 Å². The number of nitrogens with one attached hydrogen (secondary N) is 2. The van der Waals surface area contributed by atoms with Crippen LogP contribution in [0.2, 0.25) is 0 Å². The number of carbonyl (C=O) groups excluding carboxylic acids is 2. The molecule has 5 rings (SSSR count). The number of hydrogen-bond acceptors (Lipinski definition) is 6. The second-order valence-electron chi connectivity index (χ2n) is 9.34. The maximum absolute atomic E-state index is 13.4. The first kappa shape index (κ1) is 27.5. The molecule has 0 spiro atoms. The van der Waals surface area contributed by atoms with Crippen LogP contribution in [0.15, 0.2) is 123 Å². The summed E-state index contributed by atoms with van der Waals surface area (Å²) < 4.78 is 5.36. The van der Waals surface area contributed by atoms with Gasteiger partial charge in [-0.1, -0.05) is 54.1 Å². The smallest absolute Gasteiger partial charge is 0.340 e. The van der Waals surface area contributed by atoms with Gasteiger partial charge in [0, 0.05) is 38.9 Å². The zero-order valence-electron chi connectivity index (χ0n) is 22.1. The van der Waals surface area contributed by atoms with Gasteiger partial charge in [-0.15, -0.1) is 11.8 Å². The molecule has 0 saturated heterocycles. The second kappa shape index (κ2) is 12.4. The molecular formula is C33H26N2O5S. The van der Waals surface area contributed by atoms with Crippen molar-refractivity contribution in [3.05, 3.63) is 141 Å². The Bertz CT molecular complexity index is 1810. The fourth-order valence-electron chi connectivity index (χ4n) is 4.04. The van der Waals surface area contributed by atoms with Gasteiger partial charge in [-0.25, -0.2) is 4.79 Å². The van der Waals surface area contributed by atoms with Crippen molar-refractivity contribution in [1.82, 2.24) is 5.32 Å². The molecule has 8 heteroatoms. The molecule has 0 unspecified atom stereocenters. The Morgan fingerprint density at radius 2 is 1.68 bits per heavy atom. The van der Waals surface area contributed by atoms with Crippen molar-refractivity contribution in [3.63, 3.8) is 0 Å². The van der Waals surface area contributed by atoms with E-state index in [4.69, 9.17) is 4.42 Å². The lowest BCUT2D eigenvalue weighted by Gasteiger charge is -2.12. The van der Waals surface area contributed by atoms with E-state index >= 15 is 0 Å². The van der Waals surface area contributed by atoms with E-state index < -0.39 is 17.4 Å². The molecule has 0 aliphatic rings. The van der Waals surface area contributed by atoms with Gasteiger partial charge in [-0.05, 0) is 67.1 Å². The number of thioether (sulfide) groups is 1. The predicted molar refractivity (Wildman–Crippen MR) is 162 cm³/mol. The second-order valence-corrected chi connectivity index (χ2v) is 10.4. The van der Waals surface area contributed by atoms with Crippen molar-refractivity contribution in [2.24, 2.45) is 0 Å². The van der Waals surface area contributed by atoms with Crippen LogP contribution in [0.5, 0.6) is 5.75 Å². The third kappa shape index (κ3) is 7.12. The maximum Gasteiger partial charge on any atom is 0.340 e. The average molecular weight is 563 g/mol. The molecule has 0 radical (unpaired) electrons. The zero-order valence-corrected chi connectivity index (χ0v) is 22.9. The molecule has 0 fully saturated rings. The van der Waals surface area contributed by atoms with Crippen LogP contribution >= 0.6 is 11.8 Å². The van der Waals surface area contributed by atoms with Crippen LogP contribution in [0.4, 0.5) is 5.69 Å². The Balaban J connectivity index is 1.33. The van der Waals surface area contributed by atoms with Crippen LogP contribution in [0.1, 0.15) is 27.0 Å². The summed E-state index contributed by atoms with van der Waals surface area (Å²) in [5, 5.41) is 16.0. The van der Waals surface area contributed by atoms with E-state index in [2.05, 4.69) is 10.6 Å². The number of aromatic hydroxyl groups is 1. The van der Waals surface area contributed by atoms with Crippen molar-refractivity contribution >= 4 is 46.3 Å². The molecule has 0 atom stereocenters. The number of phenolic OH excluding ortho intramolecular Hbond substituents is 1. The highest BCUT2D eigenvalue weighted by atomic mass is 32.2. The molecule has 5 aromatic rings. The van der Waals surface area contributed by atoms with Gasteiger partial charge in [0.25, 0.3) is 11.8 Å². The van der Waals surface area contributed by atoms with Crippen LogP contribution in [0.3, 0.4) is 0 Å². The Morgan fingerprint density at radius 3 is 2.46 bits per heavy atom. The molecule has 0 saturated carbocycles. The van der Waals surface area contributed by atoms with Gasteiger partial charge < -0.3 is 20.2 Å². The van der Waals surface area contributed by atoms with Crippen LogP contribution in [-0.2, 0) is 10.5 Å². The molecule has 4 aromatic carbocycles. The number of aryl methyl sites for hydroxylation is 1. The summed E-state index contributed by atoms with van der Waals surface area (Å²) in [7, 11) is 0. The van der Waals surface area contributed by atoms with Crippen molar-refractivity contribution < 1.29 is 19.1 Å². The molecule has 2 amide bonds. The fourth-order valence-corrected chi connectivity index (χ4v) is 4.95. The van der Waals surface area contributed by atoms with Gasteiger partial charge in [-0.3, -0.25) is 9.59 Å². The summed E-state index contributed by atoms with van der Waals surface area (Å²) in [6.07, 6.45) is 1.63. The van der Waals surface area contributed by atoms with Gasteiger partial charge in [0.15, 0.2) is 0 Å². The summed E-state index contributed by atoms with van der Waals surface area (Å²) in [5.41, 5.74) is 3.24. The first-order valence-electron chi connectivity index (χ1n) is 12.8. The monoisotopic (exact) mass is 562 g/mol. The van der Waals surface area contributed by atoms with Gasteiger partial charge >= 0.3 is 5.63 Å². The predicted octanol–water partition coefficient (Wildman–Crippen LogP) is 6.51. The van der Waals surface area contributed by atoms with Crippen molar-refractivity contribution in [3.8, 4) is 5.75 Å². The topological polar surface area (TPSA) is 109 Å². The summed E-state index contributed by atoms with van der Waals surface area (Å²) in [4.78, 5) is 39.5. The van der Waals surface area contributed by atoms with E-state index in [0.29, 0.717) is 33.5 Å². The minimum Gasteiger partial charge on any atom is -0.508 e. The number of fused-ring (bicyclic) bond motifs is 1. The van der Waals surface area contributed by atoms with E-state index in [-0.39, 0.29) is 11.4 Å². The van der Waals surface area contributed by atoms with Crippen molar-refractivity contribution in [1.29, 1.82) is 0 Å². The molecule has 0 aliphatic carbocycles. The lowest BCUT2D eigenvalue weighted by molar-refractivity contribution is -0.113. The number of carbonyl (C=O) groups is 2. The summed E-state index contributed by atoms with van der Waals surface area (Å²) >= 11 is 1.42. The van der Waals surface area contributed by atoms with Crippen LogP contribution in [0.25, 0.3) is 17.0 Å². The maximum atomic E-state index is 13.4. The minimum atomic E-state index is -0.476. The third-order valence-electron chi connectivity index (χ3n) is 6.20. The highest BCUT2D eigenvalue weighted by Gasteiger charge is 2.15. The van der Waals surface area contributed by atoms with Crippen LogP contribution in [0, 0.1) is 6.92 Å². The zero-order chi connectivity index (χ0) is 28.8.